The lowest BCUT2D eigenvalue weighted by molar-refractivity contribution is -0.140. The number of rotatable bonds is 12. The van der Waals surface area contributed by atoms with Gasteiger partial charge in [0.05, 0.1) is 11.9 Å². The van der Waals surface area contributed by atoms with E-state index in [0.29, 0.717) is 12.1 Å². The van der Waals surface area contributed by atoms with E-state index in [9.17, 15) is 18.0 Å². The van der Waals surface area contributed by atoms with Crippen LogP contribution in [0.25, 0.3) is 0 Å². The highest BCUT2D eigenvalue weighted by Gasteiger charge is 2.33. The molecule has 0 bridgehead atoms. The second-order valence-electron chi connectivity index (χ2n) is 9.67. The van der Waals surface area contributed by atoms with Gasteiger partial charge >= 0.3 is 0 Å². The fourth-order valence-corrected chi connectivity index (χ4v) is 5.08. The zero-order chi connectivity index (χ0) is 27.7. The standard InChI is InChI=1S/C30H37N3O4S/c1-5-24-16-18-27(19-17-24)33(38(4,36)37)22-29(34)32(21-26-14-10-7-11-15-26)28(30(35)31-23(2)3)20-25-12-8-6-9-13-25/h6-19,23,28H,5,20-22H2,1-4H3,(H,31,35)/t28-/m1/s1. The van der Waals surface area contributed by atoms with Crippen LogP contribution < -0.4 is 9.62 Å². The maximum atomic E-state index is 14.0. The molecule has 0 spiro atoms. The number of amides is 2. The Morgan fingerprint density at radius 2 is 1.37 bits per heavy atom. The van der Waals surface area contributed by atoms with Crippen molar-refractivity contribution in [1.29, 1.82) is 0 Å². The molecule has 0 fully saturated rings. The number of carbonyl (C=O) groups excluding carboxylic acids is 2. The lowest BCUT2D eigenvalue weighted by atomic mass is 10.0. The molecule has 202 valence electrons. The van der Waals surface area contributed by atoms with Crippen LogP contribution >= 0.6 is 0 Å². The second-order valence-corrected chi connectivity index (χ2v) is 11.6. The molecule has 2 amide bonds. The van der Waals surface area contributed by atoms with E-state index in [2.05, 4.69) is 5.32 Å². The molecule has 0 saturated carbocycles. The Hall–Kier alpha value is -3.65. The van der Waals surface area contributed by atoms with Crippen molar-refractivity contribution in [3.8, 4) is 0 Å². The fraction of sp³-hybridized carbons (Fsp3) is 0.333. The van der Waals surface area contributed by atoms with E-state index in [1.54, 1.807) is 12.1 Å². The van der Waals surface area contributed by atoms with E-state index in [1.165, 1.54) is 4.90 Å². The van der Waals surface area contributed by atoms with Crippen molar-refractivity contribution in [3.05, 3.63) is 102 Å². The number of benzene rings is 3. The molecule has 0 heterocycles. The Morgan fingerprint density at radius 3 is 1.87 bits per heavy atom. The van der Waals surface area contributed by atoms with E-state index in [1.807, 2.05) is 93.6 Å². The Kier molecular flexibility index (Phi) is 10.1. The number of carbonyl (C=O) groups is 2. The summed E-state index contributed by atoms with van der Waals surface area (Å²) in [4.78, 5) is 28.9. The Morgan fingerprint density at radius 1 is 0.816 bits per heavy atom. The molecule has 7 nitrogen and oxygen atoms in total. The molecule has 0 aliphatic rings. The van der Waals surface area contributed by atoms with Crippen LogP contribution in [0.5, 0.6) is 0 Å². The highest BCUT2D eigenvalue weighted by atomic mass is 32.2. The molecule has 8 heteroatoms. The quantitative estimate of drug-likeness (QED) is 0.377. The minimum absolute atomic E-state index is 0.126. The van der Waals surface area contributed by atoms with Gasteiger partial charge in [0.25, 0.3) is 0 Å². The van der Waals surface area contributed by atoms with E-state index in [4.69, 9.17) is 0 Å². The third kappa shape index (κ3) is 8.18. The first-order valence-electron chi connectivity index (χ1n) is 12.8. The van der Waals surface area contributed by atoms with Gasteiger partial charge in [0, 0.05) is 19.0 Å². The van der Waals surface area contributed by atoms with Gasteiger partial charge < -0.3 is 10.2 Å². The average molecular weight is 536 g/mol. The summed E-state index contributed by atoms with van der Waals surface area (Å²) in [6, 6.07) is 25.1. The Bertz CT molecular complexity index is 1290. The maximum absolute atomic E-state index is 14.0. The maximum Gasteiger partial charge on any atom is 0.244 e. The summed E-state index contributed by atoms with van der Waals surface area (Å²) < 4.78 is 26.7. The minimum Gasteiger partial charge on any atom is -0.352 e. The number of nitrogens with one attached hydrogen (secondary N) is 1. The molecule has 0 aliphatic carbocycles. The minimum atomic E-state index is -3.78. The van der Waals surface area contributed by atoms with Crippen LogP contribution in [-0.2, 0) is 39.0 Å². The predicted molar refractivity (Wildman–Crippen MR) is 152 cm³/mol. The van der Waals surface area contributed by atoms with Gasteiger partial charge in [0.2, 0.25) is 21.8 Å². The first kappa shape index (κ1) is 28.9. The second kappa shape index (κ2) is 13.2. The molecule has 0 aliphatic heterocycles. The van der Waals surface area contributed by atoms with Crippen molar-refractivity contribution in [2.24, 2.45) is 0 Å². The average Bonchev–Trinajstić information content (AvgIpc) is 2.89. The molecular formula is C30H37N3O4S. The lowest BCUT2D eigenvalue weighted by Crippen LogP contribution is -2.54. The monoisotopic (exact) mass is 535 g/mol. The predicted octanol–water partition coefficient (Wildman–Crippen LogP) is 4.18. The van der Waals surface area contributed by atoms with Crippen LogP contribution in [0.4, 0.5) is 5.69 Å². The summed E-state index contributed by atoms with van der Waals surface area (Å²) in [5.74, 6) is -0.745. The van der Waals surface area contributed by atoms with Crippen LogP contribution in [0.3, 0.4) is 0 Å². The van der Waals surface area contributed by atoms with Gasteiger partial charge in [0.1, 0.15) is 12.6 Å². The van der Waals surface area contributed by atoms with E-state index in [-0.39, 0.29) is 18.5 Å². The summed E-state index contributed by atoms with van der Waals surface area (Å²) >= 11 is 0. The van der Waals surface area contributed by atoms with E-state index >= 15 is 0 Å². The topological polar surface area (TPSA) is 86.8 Å². The lowest BCUT2D eigenvalue weighted by Gasteiger charge is -2.34. The van der Waals surface area contributed by atoms with Crippen molar-refractivity contribution < 1.29 is 18.0 Å². The number of hydrogen-bond donors (Lipinski definition) is 1. The smallest absolute Gasteiger partial charge is 0.244 e. The number of aryl methyl sites for hydroxylation is 1. The molecule has 38 heavy (non-hydrogen) atoms. The SMILES string of the molecule is CCc1ccc(N(CC(=O)N(Cc2ccccc2)[C@H](Cc2ccccc2)C(=O)NC(C)C)S(C)(=O)=O)cc1. The number of nitrogens with zero attached hydrogens (tertiary/aromatic N) is 2. The van der Waals surface area contributed by atoms with Gasteiger partial charge in [-0.15, -0.1) is 0 Å². The van der Waals surface area contributed by atoms with Gasteiger partial charge in [-0.05, 0) is 49.1 Å². The molecule has 0 saturated heterocycles. The first-order chi connectivity index (χ1) is 18.1. The van der Waals surface area contributed by atoms with E-state index in [0.717, 1.165) is 33.7 Å². The molecule has 0 radical (unpaired) electrons. The number of sulfonamides is 1. The van der Waals surface area contributed by atoms with Crippen molar-refractivity contribution in [2.45, 2.75) is 52.2 Å². The van der Waals surface area contributed by atoms with Gasteiger partial charge in [-0.1, -0.05) is 79.7 Å². The summed E-state index contributed by atoms with van der Waals surface area (Å²) in [5.41, 5.74) is 3.21. The summed E-state index contributed by atoms with van der Waals surface area (Å²) in [7, 11) is -3.78. The van der Waals surface area contributed by atoms with Crippen molar-refractivity contribution in [3.63, 3.8) is 0 Å². The molecule has 0 unspecified atom stereocenters. The van der Waals surface area contributed by atoms with Crippen molar-refractivity contribution in [1.82, 2.24) is 10.2 Å². The third-order valence-electron chi connectivity index (χ3n) is 6.21. The molecule has 3 rings (SSSR count). The van der Waals surface area contributed by atoms with Crippen molar-refractivity contribution >= 4 is 27.5 Å². The highest BCUT2D eigenvalue weighted by molar-refractivity contribution is 7.92. The van der Waals surface area contributed by atoms with Gasteiger partial charge in [-0.2, -0.15) is 0 Å². The van der Waals surface area contributed by atoms with Crippen LogP contribution in [0.1, 0.15) is 37.5 Å². The highest BCUT2D eigenvalue weighted by Crippen LogP contribution is 2.21. The van der Waals surface area contributed by atoms with Crippen LogP contribution in [0.2, 0.25) is 0 Å². The molecule has 3 aromatic carbocycles. The summed E-state index contributed by atoms with van der Waals surface area (Å²) in [5, 5.41) is 2.95. The molecular weight excluding hydrogens is 498 g/mol. The van der Waals surface area contributed by atoms with E-state index < -0.39 is 28.5 Å². The Balaban J connectivity index is 2.02. The normalized spacial score (nSPS) is 12.1. The van der Waals surface area contributed by atoms with Crippen LogP contribution in [0, 0.1) is 0 Å². The van der Waals surface area contributed by atoms with Gasteiger partial charge in [-0.25, -0.2) is 8.42 Å². The van der Waals surface area contributed by atoms with Crippen molar-refractivity contribution in [2.75, 3.05) is 17.1 Å². The van der Waals surface area contributed by atoms with Crippen LogP contribution in [-0.4, -0.2) is 50.0 Å². The molecule has 1 atom stereocenters. The number of anilines is 1. The molecule has 1 N–H and O–H groups in total. The fourth-order valence-electron chi connectivity index (χ4n) is 4.23. The first-order valence-corrected chi connectivity index (χ1v) is 14.7. The Labute approximate surface area is 226 Å². The van der Waals surface area contributed by atoms with Gasteiger partial charge in [0.15, 0.2) is 0 Å². The molecule has 0 aromatic heterocycles. The number of hydrogen-bond acceptors (Lipinski definition) is 4. The largest absolute Gasteiger partial charge is 0.352 e. The summed E-state index contributed by atoms with van der Waals surface area (Å²) in [6.07, 6.45) is 2.19. The molecule has 3 aromatic rings. The van der Waals surface area contributed by atoms with Gasteiger partial charge in [-0.3, -0.25) is 13.9 Å². The third-order valence-corrected chi connectivity index (χ3v) is 7.35. The zero-order valence-corrected chi connectivity index (χ0v) is 23.3. The summed E-state index contributed by atoms with van der Waals surface area (Å²) in [6.45, 7) is 5.49. The van der Waals surface area contributed by atoms with Crippen LogP contribution in [0.15, 0.2) is 84.9 Å². The zero-order valence-electron chi connectivity index (χ0n) is 22.5.